The molecule has 0 N–H and O–H groups in total. The maximum atomic E-state index is 6.85. The molecule has 0 bridgehead atoms. The van der Waals surface area contributed by atoms with Gasteiger partial charge in [0.1, 0.15) is 22.7 Å². The third-order valence-corrected chi connectivity index (χ3v) is 12.9. The summed E-state index contributed by atoms with van der Waals surface area (Å²) >= 11 is 0. The molecule has 0 radical (unpaired) electrons. The van der Waals surface area contributed by atoms with Crippen molar-refractivity contribution in [3.63, 3.8) is 0 Å². The molecule has 1 aliphatic carbocycles. The number of anilines is 3. The number of nitrogens with zero attached hydrogens (tertiary/aromatic N) is 1. The molecule has 2 heterocycles. The van der Waals surface area contributed by atoms with Gasteiger partial charge in [-0.1, -0.05) is 164 Å². The Morgan fingerprint density at radius 2 is 0.983 bits per heavy atom. The number of rotatable bonds is 4. The fourth-order valence-corrected chi connectivity index (χ4v) is 10.4. The van der Waals surface area contributed by atoms with Gasteiger partial charge in [-0.05, 0) is 92.7 Å². The molecular formula is C57H35NO2. The lowest BCUT2D eigenvalue weighted by Gasteiger charge is -2.39. The lowest BCUT2D eigenvalue weighted by atomic mass is 9.66. The van der Waals surface area contributed by atoms with Crippen LogP contribution in [-0.2, 0) is 5.41 Å². The van der Waals surface area contributed by atoms with Crippen LogP contribution in [0.15, 0.2) is 217 Å². The van der Waals surface area contributed by atoms with Gasteiger partial charge < -0.3 is 14.1 Å². The molecule has 10 aromatic carbocycles. The van der Waals surface area contributed by atoms with Crippen LogP contribution in [0.25, 0.3) is 65.7 Å². The molecule has 1 aliphatic heterocycles. The Kier molecular flexibility index (Phi) is 6.93. The topological polar surface area (TPSA) is 25.6 Å². The van der Waals surface area contributed by atoms with E-state index in [4.69, 9.17) is 9.15 Å². The largest absolute Gasteiger partial charge is 0.457 e. The summed E-state index contributed by atoms with van der Waals surface area (Å²) in [7, 11) is 0. The minimum atomic E-state index is -0.483. The highest BCUT2D eigenvalue weighted by Crippen LogP contribution is 2.62. The smallest absolute Gasteiger partial charge is 0.143 e. The molecule has 1 spiro atoms. The van der Waals surface area contributed by atoms with E-state index >= 15 is 0 Å². The van der Waals surface area contributed by atoms with Crippen LogP contribution in [0.5, 0.6) is 11.5 Å². The summed E-state index contributed by atoms with van der Waals surface area (Å²) in [5.74, 6) is 1.77. The first kappa shape index (κ1) is 33.1. The first-order valence-corrected chi connectivity index (χ1v) is 20.6. The van der Waals surface area contributed by atoms with Crippen molar-refractivity contribution >= 4 is 60.5 Å². The summed E-state index contributed by atoms with van der Waals surface area (Å²) in [6, 6.07) is 76.5. The standard InChI is InChI=1S/C57H35NO2/c1-3-16-41-37(13-1)15-11-23-50(41)58(51-24-12-26-53-55(51)45-33-29-38-14-2-4-17-42(38)56(45)60-53)40-31-27-36(28-32-40)39-30-34-49-54(35-39)59-52-25-10-9-22-48(52)57(49)46-20-7-5-18-43(46)44-19-6-8-21-47(44)57/h1-35H. The minimum Gasteiger partial charge on any atom is -0.457 e. The van der Waals surface area contributed by atoms with Crippen molar-refractivity contribution in [3.05, 3.63) is 235 Å². The Morgan fingerprint density at radius 3 is 1.78 bits per heavy atom. The fraction of sp³-hybridized carbons (Fsp3) is 0.0175. The zero-order valence-corrected chi connectivity index (χ0v) is 32.5. The zero-order chi connectivity index (χ0) is 39.4. The molecular weight excluding hydrogens is 731 g/mol. The molecule has 280 valence electrons. The van der Waals surface area contributed by atoms with Gasteiger partial charge in [-0.15, -0.1) is 0 Å². The first-order valence-electron chi connectivity index (χ1n) is 20.6. The summed E-state index contributed by atoms with van der Waals surface area (Å²) in [5.41, 5.74) is 14.2. The van der Waals surface area contributed by atoms with Crippen molar-refractivity contribution in [3.8, 4) is 33.8 Å². The molecule has 1 aromatic heterocycles. The molecule has 3 nitrogen and oxygen atoms in total. The van der Waals surface area contributed by atoms with Gasteiger partial charge in [0.2, 0.25) is 0 Å². The second kappa shape index (κ2) is 12.6. The van der Waals surface area contributed by atoms with Gasteiger partial charge in [0, 0.05) is 33.0 Å². The molecule has 0 atom stereocenters. The Hall–Kier alpha value is -7.88. The molecule has 13 rings (SSSR count). The summed E-state index contributed by atoms with van der Waals surface area (Å²) in [5, 5.41) is 6.83. The number of furan rings is 1. The third kappa shape index (κ3) is 4.54. The van der Waals surface area contributed by atoms with Crippen LogP contribution >= 0.6 is 0 Å². The van der Waals surface area contributed by atoms with Crippen LogP contribution in [-0.4, -0.2) is 0 Å². The monoisotopic (exact) mass is 765 g/mol. The van der Waals surface area contributed by atoms with E-state index in [9.17, 15) is 0 Å². The number of benzene rings is 10. The van der Waals surface area contributed by atoms with Crippen molar-refractivity contribution in [1.29, 1.82) is 0 Å². The molecule has 0 fully saturated rings. The normalized spacial score (nSPS) is 13.3. The third-order valence-electron chi connectivity index (χ3n) is 12.9. The van der Waals surface area contributed by atoms with Gasteiger partial charge in [0.05, 0.1) is 22.2 Å². The van der Waals surface area contributed by atoms with E-state index in [1.54, 1.807) is 0 Å². The predicted octanol–water partition coefficient (Wildman–Crippen LogP) is 15.5. The zero-order valence-electron chi connectivity index (χ0n) is 32.5. The number of ether oxygens (including phenoxy) is 1. The van der Waals surface area contributed by atoms with Crippen molar-refractivity contribution in [2.24, 2.45) is 0 Å². The van der Waals surface area contributed by atoms with Crippen molar-refractivity contribution in [1.82, 2.24) is 0 Å². The lowest BCUT2D eigenvalue weighted by Crippen LogP contribution is -2.32. The molecule has 60 heavy (non-hydrogen) atoms. The molecule has 2 aliphatic rings. The van der Waals surface area contributed by atoms with E-state index in [2.05, 4.69) is 217 Å². The van der Waals surface area contributed by atoms with Crippen LogP contribution in [0.4, 0.5) is 17.1 Å². The van der Waals surface area contributed by atoms with E-state index in [0.717, 1.165) is 78.0 Å². The Bertz CT molecular complexity index is 3490. The number of hydrogen-bond donors (Lipinski definition) is 0. The SMILES string of the molecule is c1ccc2c(c1)Oc1cc(-c3ccc(N(c4cccc5ccccc45)c4cccc5oc6c7ccccc7ccc6c45)cc3)ccc1C21c2ccccc2-c2ccccc21. The minimum absolute atomic E-state index is 0.483. The van der Waals surface area contributed by atoms with Gasteiger partial charge >= 0.3 is 0 Å². The van der Waals surface area contributed by atoms with Crippen molar-refractivity contribution < 1.29 is 9.15 Å². The van der Waals surface area contributed by atoms with Gasteiger partial charge in [0.25, 0.3) is 0 Å². The molecule has 0 amide bonds. The van der Waals surface area contributed by atoms with Crippen LogP contribution in [0.2, 0.25) is 0 Å². The summed E-state index contributed by atoms with van der Waals surface area (Å²) in [6.45, 7) is 0. The Labute approximate surface area is 347 Å². The van der Waals surface area contributed by atoms with E-state index in [0.29, 0.717) is 0 Å². The molecule has 11 aromatic rings. The van der Waals surface area contributed by atoms with Crippen LogP contribution in [0.3, 0.4) is 0 Å². The number of hydrogen-bond acceptors (Lipinski definition) is 3. The van der Waals surface area contributed by atoms with Crippen molar-refractivity contribution in [2.75, 3.05) is 4.90 Å². The lowest BCUT2D eigenvalue weighted by molar-refractivity contribution is 0.436. The second-order valence-corrected chi connectivity index (χ2v) is 15.9. The van der Waals surface area contributed by atoms with Crippen molar-refractivity contribution in [2.45, 2.75) is 5.41 Å². The second-order valence-electron chi connectivity index (χ2n) is 15.9. The van der Waals surface area contributed by atoms with Crippen LogP contribution in [0, 0.1) is 0 Å². The molecule has 0 saturated carbocycles. The van der Waals surface area contributed by atoms with Gasteiger partial charge in [0.15, 0.2) is 0 Å². The first-order chi connectivity index (χ1) is 29.8. The highest BCUT2D eigenvalue weighted by atomic mass is 16.5. The molecule has 0 unspecified atom stereocenters. The van der Waals surface area contributed by atoms with Gasteiger partial charge in [-0.2, -0.15) is 0 Å². The quantitative estimate of drug-likeness (QED) is 0.178. The highest BCUT2D eigenvalue weighted by Gasteiger charge is 2.50. The van der Waals surface area contributed by atoms with E-state index in [1.165, 1.54) is 38.6 Å². The van der Waals surface area contributed by atoms with E-state index in [1.807, 2.05) is 0 Å². The predicted molar refractivity (Wildman–Crippen MR) is 246 cm³/mol. The maximum Gasteiger partial charge on any atom is 0.143 e. The average Bonchev–Trinajstić information content (AvgIpc) is 3.84. The molecule has 3 heteroatoms. The summed E-state index contributed by atoms with van der Waals surface area (Å²) in [4.78, 5) is 2.39. The highest BCUT2D eigenvalue weighted by molar-refractivity contribution is 6.20. The average molecular weight is 766 g/mol. The molecule has 0 saturated heterocycles. The van der Waals surface area contributed by atoms with Gasteiger partial charge in [-0.3, -0.25) is 0 Å². The van der Waals surface area contributed by atoms with Gasteiger partial charge in [-0.25, -0.2) is 0 Å². The fourth-order valence-electron chi connectivity index (χ4n) is 10.4. The van der Waals surface area contributed by atoms with Crippen LogP contribution < -0.4 is 9.64 Å². The summed E-state index contributed by atoms with van der Waals surface area (Å²) < 4.78 is 13.5. The van der Waals surface area contributed by atoms with E-state index < -0.39 is 5.41 Å². The maximum absolute atomic E-state index is 6.85. The summed E-state index contributed by atoms with van der Waals surface area (Å²) in [6.07, 6.45) is 0. The van der Waals surface area contributed by atoms with Crippen LogP contribution in [0.1, 0.15) is 22.3 Å². The Balaban J connectivity index is 0.976. The van der Waals surface area contributed by atoms with E-state index in [-0.39, 0.29) is 0 Å². The number of para-hydroxylation sites is 1. The number of fused-ring (bicyclic) bond motifs is 15. The Morgan fingerprint density at radius 1 is 0.383 bits per heavy atom.